The third-order valence-electron chi connectivity index (χ3n) is 4.01. The fourth-order valence-corrected chi connectivity index (χ4v) is 2.83. The Morgan fingerprint density at radius 1 is 1.40 bits per heavy atom. The molecule has 1 N–H and O–H groups in total. The molecule has 0 spiro atoms. The van der Waals surface area contributed by atoms with Crippen LogP contribution in [0.4, 0.5) is 0 Å². The predicted octanol–water partition coefficient (Wildman–Crippen LogP) is 2.35. The van der Waals surface area contributed by atoms with Crippen molar-refractivity contribution in [2.24, 2.45) is 0 Å². The molecule has 1 fully saturated rings. The molecule has 1 aliphatic heterocycles. The fraction of sp³-hybridized carbons (Fsp3) is 0.625. The van der Waals surface area contributed by atoms with Crippen molar-refractivity contribution in [1.29, 1.82) is 0 Å². The van der Waals surface area contributed by atoms with E-state index in [0.29, 0.717) is 18.4 Å². The Kier molecular flexibility index (Phi) is 5.99. The molecule has 1 aliphatic rings. The van der Waals surface area contributed by atoms with Gasteiger partial charge in [0.25, 0.3) is 0 Å². The van der Waals surface area contributed by atoms with Crippen molar-refractivity contribution >= 4 is 5.91 Å². The highest BCUT2D eigenvalue weighted by atomic mass is 16.2. The largest absolute Gasteiger partial charge is 0.340 e. The monoisotopic (exact) mass is 275 g/mol. The van der Waals surface area contributed by atoms with Gasteiger partial charge in [-0.25, -0.2) is 0 Å². The Morgan fingerprint density at radius 2 is 2.20 bits per heavy atom. The zero-order chi connectivity index (χ0) is 14.2. The number of amides is 1. The average Bonchev–Trinajstić information content (AvgIpc) is 2.52. The minimum absolute atomic E-state index is 0.304. The lowest BCUT2D eigenvalue weighted by molar-refractivity contribution is -0.134. The Bertz CT molecular complexity index is 407. The van der Waals surface area contributed by atoms with Crippen molar-refractivity contribution < 1.29 is 4.79 Å². The molecular weight excluding hydrogens is 250 g/mol. The number of hydrogen-bond donors (Lipinski definition) is 1. The Balaban J connectivity index is 1.69. The maximum Gasteiger partial charge on any atom is 0.224 e. The van der Waals surface area contributed by atoms with Crippen LogP contribution < -0.4 is 5.32 Å². The summed E-state index contributed by atoms with van der Waals surface area (Å²) in [6.45, 7) is 4.67. The number of pyridine rings is 1. The number of nitrogens with zero attached hydrogens (tertiary/aromatic N) is 2. The molecule has 0 radical (unpaired) electrons. The van der Waals surface area contributed by atoms with Crippen molar-refractivity contribution in [2.45, 2.75) is 51.6 Å². The smallest absolute Gasteiger partial charge is 0.224 e. The third kappa shape index (κ3) is 4.30. The summed E-state index contributed by atoms with van der Waals surface area (Å²) in [5, 5.41) is 3.33. The third-order valence-corrected chi connectivity index (χ3v) is 4.01. The zero-order valence-corrected chi connectivity index (χ0v) is 12.3. The van der Waals surface area contributed by atoms with E-state index < -0.39 is 0 Å². The van der Waals surface area contributed by atoms with E-state index in [4.69, 9.17) is 0 Å². The molecule has 1 aromatic rings. The van der Waals surface area contributed by atoms with E-state index in [1.807, 2.05) is 12.1 Å². The van der Waals surface area contributed by atoms with Gasteiger partial charge >= 0.3 is 0 Å². The Hall–Kier alpha value is -1.42. The van der Waals surface area contributed by atoms with Gasteiger partial charge in [0.15, 0.2) is 0 Å². The normalized spacial score (nSPS) is 19.1. The topological polar surface area (TPSA) is 45.2 Å². The summed E-state index contributed by atoms with van der Waals surface area (Å²) in [7, 11) is 0. The molecule has 0 aliphatic carbocycles. The lowest BCUT2D eigenvalue weighted by atomic mass is 9.99. The second-order valence-corrected chi connectivity index (χ2v) is 5.43. The molecule has 1 unspecified atom stereocenters. The highest BCUT2D eigenvalue weighted by molar-refractivity contribution is 5.76. The van der Waals surface area contributed by atoms with Gasteiger partial charge in [0.05, 0.1) is 0 Å². The zero-order valence-electron chi connectivity index (χ0n) is 12.3. The second kappa shape index (κ2) is 8.00. The first-order valence-electron chi connectivity index (χ1n) is 7.70. The number of carbonyl (C=O) groups excluding carboxylic acids is 1. The highest BCUT2D eigenvalue weighted by Crippen LogP contribution is 2.19. The van der Waals surface area contributed by atoms with Crippen LogP contribution in [0, 0.1) is 0 Å². The first kappa shape index (κ1) is 15.0. The summed E-state index contributed by atoms with van der Waals surface area (Å²) in [5.41, 5.74) is 1.21. The van der Waals surface area contributed by atoms with Crippen LogP contribution in [0.5, 0.6) is 0 Å². The van der Waals surface area contributed by atoms with E-state index in [1.54, 1.807) is 12.4 Å². The minimum atomic E-state index is 0.304. The van der Waals surface area contributed by atoms with Crippen LogP contribution >= 0.6 is 0 Å². The molecule has 4 nitrogen and oxygen atoms in total. The molecule has 4 heteroatoms. The van der Waals surface area contributed by atoms with E-state index in [-0.39, 0.29) is 0 Å². The van der Waals surface area contributed by atoms with Gasteiger partial charge in [-0.05, 0) is 43.4 Å². The Morgan fingerprint density at radius 3 is 2.95 bits per heavy atom. The Labute approximate surface area is 121 Å². The summed E-state index contributed by atoms with van der Waals surface area (Å²) < 4.78 is 0. The van der Waals surface area contributed by atoms with Gasteiger partial charge in [0.2, 0.25) is 5.91 Å². The molecule has 0 aromatic carbocycles. The molecule has 2 rings (SSSR count). The molecule has 1 amide bonds. The lowest BCUT2D eigenvalue weighted by Crippen LogP contribution is -2.44. The molecule has 1 atom stereocenters. The molecule has 20 heavy (non-hydrogen) atoms. The van der Waals surface area contributed by atoms with Crippen molar-refractivity contribution in [2.75, 3.05) is 13.1 Å². The van der Waals surface area contributed by atoms with Crippen LogP contribution in [0.3, 0.4) is 0 Å². The molecule has 0 saturated carbocycles. The summed E-state index contributed by atoms with van der Waals surface area (Å²) >= 11 is 0. The molecule has 2 heterocycles. The summed E-state index contributed by atoms with van der Waals surface area (Å²) in [6, 6.07) is 4.45. The molecular formula is C16H25N3O. The van der Waals surface area contributed by atoms with E-state index in [2.05, 4.69) is 22.1 Å². The SMILES string of the molecule is CCC1CCCCN1C(=O)CCNCc1ccncc1. The first-order valence-corrected chi connectivity index (χ1v) is 7.70. The van der Waals surface area contributed by atoms with Crippen molar-refractivity contribution in [3.8, 4) is 0 Å². The van der Waals surface area contributed by atoms with Gasteiger partial charge in [0, 0.05) is 44.5 Å². The standard InChI is InChI=1S/C16H25N3O/c1-2-15-5-3-4-12-19(15)16(20)8-11-18-13-14-6-9-17-10-7-14/h6-7,9-10,15,18H,2-5,8,11-13H2,1H3. The second-order valence-electron chi connectivity index (χ2n) is 5.43. The number of nitrogens with one attached hydrogen (secondary N) is 1. The minimum Gasteiger partial charge on any atom is -0.340 e. The first-order chi connectivity index (χ1) is 9.81. The van der Waals surface area contributed by atoms with Crippen LogP contribution in [0.1, 0.15) is 44.6 Å². The molecule has 1 saturated heterocycles. The molecule has 0 bridgehead atoms. The van der Waals surface area contributed by atoms with E-state index in [1.165, 1.54) is 18.4 Å². The van der Waals surface area contributed by atoms with E-state index in [9.17, 15) is 4.79 Å². The summed E-state index contributed by atoms with van der Waals surface area (Å²) in [6.07, 6.45) is 8.86. The molecule has 110 valence electrons. The summed E-state index contributed by atoms with van der Waals surface area (Å²) in [4.78, 5) is 18.3. The number of hydrogen-bond acceptors (Lipinski definition) is 3. The number of aromatic nitrogens is 1. The van der Waals surface area contributed by atoms with E-state index in [0.717, 1.165) is 32.5 Å². The van der Waals surface area contributed by atoms with Gasteiger partial charge in [0.1, 0.15) is 0 Å². The van der Waals surface area contributed by atoms with Crippen molar-refractivity contribution in [1.82, 2.24) is 15.2 Å². The van der Waals surface area contributed by atoms with Gasteiger partial charge in [-0.3, -0.25) is 9.78 Å². The number of piperidine rings is 1. The summed E-state index contributed by atoms with van der Waals surface area (Å²) in [5.74, 6) is 0.304. The number of carbonyl (C=O) groups is 1. The van der Waals surface area contributed by atoms with Crippen LogP contribution in [0.15, 0.2) is 24.5 Å². The van der Waals surface area contributed by atoms with Crippen molar-refractivity contribution in [3.63, 3.8) is 0 Å². The van der Waals surface area contributed by atoms with Gasteiger partial charge in [-0.15, -0.1) is 0 Å². The number of rotatable bonds is 6. The van der Waals surface area contributed by atoms with Crippen LogP contribution in [-0.2, 0) is 11.3 Å². The van der Waals surface area contributed by atoms with Crippen LogP contribution in [-0.4, -0.2) is 34.9 Å². The fourth-order valence-electron chi connectivity index (χ4n) is 2.83. The number of likely N-dealkylation sites (tertiary alicyclic amines) is 1. The predicted molar refractivity (Wildman–Crippen MR) is 80.2 cm³/mol. The van der Waals surface area contributed by atoms with Gasteiger partial charge < -0.3 is 10.2 Å². The van der Waals surface area contributed by atoms with Crippen molar-refractivity contribution in [3.05, 3.63) is 30.1 Å². The maximum absolute atomic E-state index is 12.3. The highest BCUT2D eigenvalue weighted by Gasteiger charge is 2.24. The molecule has 1 aromatic heterocycles. The van der Waals surface area contributed by atoms with Gasteiger partial charge in [-0.1, -0.05) is 6.92 Å². The quantitative estimate of drug-likeness (QED) is 0.811. The van der Waals surface area contributed by atoms with Gasteiger partial charge in [-0.2, -0.15) is 0 Å². The van der Waals surface area contributed by atoms with Crippen LogP contribution in [0.2, 0.25) is 0 Å². The van der Waals surface area contributed by atoms with E-state index >= 15 is 0 Å². The lowest BCUT2D eigenvalue weighted by Gasteiger charge is -2.35. The van der Waals surface area contributed by atoms with Crippen LogP contribution in [0.25, 0.3) is 0 Å². The average molecular weight is 275 g/mol. The maximum atomic E-state index is 12.3.